The lowest BCUT2D eigenvalue weighted by Crippen LogP contribution is -2.03. The van der Waals surface area contributed by atoms with Gasteiger partial charge in [0.15, 0.2) is 28.0 Å². The molecule has 2 N–H and O–H groups in total. The molecule has 2 unspecified atom stereocenters. The molecule has 12 heteroatoms. The number of nitrogens with zero attached hydrogens (tertiary/aromatic N) is 2. The van der Waals surface area contributed by atoms with Gasteiger partial charge in [0.2, 0.25) is 0 Å². The van der Waals surface area contributed by atoms with Crippen LogP contribution >= 0.6 is 0 Å². The molecule has 10 nitrogen and oxygen atoms in total. The van der Waals surface area contributed by atoms with Crippen LogP contribution in [0.2, 0.25) is 0 Å². The average Bonchev–Trinajstić information content (AvgIpc) is 3.77. The van der Waals surface area contributed by atoms with Gasteiger partial charge in [0.25, 0.3) is 5.88 Å². The van der Waals surface area contributed by atoms with Crippen LogP contribution in [-0.2, 0) is 30.7 Å². The molecule has 0 aliphatic rings. The van der Waals surface area contributed by atoms with E-state index in [1.165, 1.54) is 34.8 Å². The highest BCUT2D eigenvalue weighted by molar-refractivity contribution is 7.79. The normalized spacial score (nSPS) is 9.93. The molecule has 0 bridgehead atoms. The Balaban J connectivity index is -0.000000639. The highest BCUT2D eigenvalue weighted by Crippen LogP contribution is 2.19. The average molecular weight is 825 g/mol. The molecule has 0 aliphatic heterocycles. The van der Waals surface area contributed by atoms with Gasteiger partial charge in [-0.05, 0) is 49.9 Å². The van der Waals surface area contributed by atoms with Gasteiger partial charge in [-0.15, -0.1) is 0 Å². The van der Waals surface area contributed by atoms with Gasteiger partial charge >= 0.3 is 0 Å². The Morgan fingerprint density at radius 1 is 0.474 bits per heavy atom. The molecular weight excluding hydrogens is 757 g/mol. The zero-order valence-corrected chi connectivity index (χ0v) is 37.3. The molecule has 6 aromatic rings. The first kappa shape index (κ1) is 56.5. The van der Waals surface area contributed by atoms with Crippen molar-refractivity contribution in [1.29, 1.82) is 0 Å². The fraction of sp³-hybridized carbons (Fsp3) is 0.333. The third kappa shape index (κ3) is 24.4. The van der Waals surface area contributed by atoms with Gasteiger partial charge in [-0.3, -0.25) is 0 Å². The molecule has 316 valence electrons. The van der Waals surface area contributed by atoms with E-state index < -0.39 is 22.2 Å². The first-order valence-electron chi connectivity index (χ1n) is 18.8. The standard InChI is InChI=1S/2C12H10.2C6H10N2O3S.4C2H6.CH4/c2*1-3-7-11(8-4-1)12-9-5-2-6-10-12;1-4-5(2)10-7-6(4)8-11-12(3)9;1-4-5(2)7-10-6(4)8-11-12(3)9;4*1-2;/h2*1-10H;1-3H3,(H,7,8);8H,1-3H3;4*1-2H3;1H4. The van der Waals surface area contributed by atoms with Crippen molar-refractivity contribution in [2.24, 2.45) is 0 Å². The Labute approximate surface area is 349 Å². The SMILES string of the molecule is C.CC.CC.CC.CC.Cc1noc(NOS(C)=O)c1C.Cc1onc(NOS(C)=O)c1C.c1ccc(-c2ccccc2)cc1.c1ccc(-c2ccccc2)cc1. The maximum atomic E-state index is 10.5. The number of anilines is 2. The Kier molecular flexibility index (Phi) is 36.4. The maximum absolute atomic E-state index is 10.5. The van der Waals surface area contributed by atoms with Gasteiger partial charge in [0.05, 0.1) is 5.69 Å². The van der Waals surface area contributed by atoms with Gasteiger partial charge in [0, 0.05) is 23.6 Å². The third-order valence-electron chi connectivity index (χ3n) is 6.58. The van der Waals surface area contributed by atoms with Crippen LogP contribution in [0.15, 0.2) is 130 Å². The molecule has 6 rings (SSSR count). The van der Waals surface area contributed by atoms with E-state index in [4.69, 9.17) is 9.05 Å². The zero-order valence-electron chi connectivity index (χ0n) is 35.7. The molecule has 0 aliphatic carbocycles. The Morgan fingerprint density at radius 3 is 1.04 bits per heavy atom. The molecule has 0 fully saturated rings. The molecule has 0 radical (unpaired) electrons. The van der Waals surface area contributed by atoms with E-state index in [0.29, 0.717) is 17.5 Å². The van der Waals surface area contributed by atoms with Crippen molar-refractivity contribution in [2.75, 3.05) is 23.5 Å². The summed E-state index contributed by atoms with van der Waals surface area (Å²) in [5, 5.41) is 7.32. The summed E-state index contributed by atoms with van der Waals surface area (Å²) < 4.78 is 39.9. The monoisotopic (exact) mass is 824 g/mol. The smallest absolute Gasteiger partial charge is 0.252 e. The summed E-state index contributed by atoms with van der Waals surface area (Å²) in [6, 6.07) is 41.6. The Hall–Kier alpha value is -4.88. The van der Waals surface area contributed by atoms with E-state index >= 15 is 0 Å². The molecule has 2 heterocycles. The second-order valence-electron chi connectivity index (χ2n) is 10.1. The third-order valence-corrected chi connectivity index (χ3v) is 7.22. The first-order chi connectivity index (χ1) is 27.2. The molecular formula is C45H68N4O6S2. The van der Waals surface area contributed by atoms with Crippen molar-refractivity contribution in [3.63, 3.8) is 0 Å². The van der Waals surface area contributed by atoms with Crippen LogP contribution in [0.1, 0.15) is 85.4 Å². The van der Waals surface area contributed by atoms with Crippen LogP contribution in [0.3, 0.4) is 0 Å². The van der Waals surface area contributed by atoms with Gasteiger partial charge in [-0.2, -0.15) is 8.57 Å². The predicted molar refractivity (Wildman–Crippen MR) is 245 cm³/mol. The van der Waals surface area contributed by atoms with Crippen LogP contribution in [0, 0.1) is 27.7 Å². The fourth-order valence-electron chi connectivity index (χ4n) is 3.74. The van der Waals surface area contributed by atoms with Crippen molar-refractivity contribution in [3.05, 3.63) is 144 Å². The predicted octanol–water partition coefficient (Wildman–Crippen LogP) is 13.3. The summed E-state index contributed by atoms with van der Waals surface area (Å²) in [5.74, 6) is 1.56. The number of hydrogen-bond acceptors (Lipinski definition) is 10. The molecule has 4 aromatic carbocycles. The van der Waals surface area contributed by atoms with Crippen molar-refractivity contribution in [1.82, 2.24) is 10.3 Å². The summed E-state index contributed by atoms with van der Waals surface area (Å²) in [7, 11) is 0. The van der Waals surface area contributed by atoms with Crippen LogP contribution in [0.25, 0.3) is 22.3 Å². The van der Waals surface area contributed by atoms with Crippen LogP contribution in [0.5, 0.6) is 0 Å². The lowest BCUT2D eigenvalue weighted by Gasteiger charge is -1.98. The molecule has 0 amide bonds. The van der Waals surface area contributed by atoms with Crippen LogP contribution in [0.4, 0.5) is 11.7 Å². The van der Waals surface area contributed by atoms with E-state index in [9.17, 15) is 8.42 Å². The van der Waals surface area contributed by atoms with Gasteiger partial charge in [-0.25, -0.2) is 19.4 Å². The number of aryl methyl sites for hydroxylation is 2. The van der Waals surface area contributed by atoms with Crippen molar-refractivity contribution >= 4 is 33.9 Å². The van der Waals surface area contributed by atoms with E-state index in [0.717, 1.165) is 16.8 Å². The Morgan fingerprint density at radius 2 is 0.789 bits per heavy atom. The quantitative estimate of drug-likeness (QED) is 0.143. The Bertz CT molecular complexity index is 1610. The van der Waals surface area contributed by atoms with Gasteiger partial charge < -0.3 is 9.05 Å². The summed E-state index contributed by atoms with van der Waals surface area (Å²) in [6.07, 6.45) is 2.82. The van der Waals surface area contributed by atoms with Gasteiger partial charge in [-0.1, -0.05) is 194 Å². The lowest BCUT2D eigenvalue weighted by molar-refractivity contribution is 0.367. The van der Waals surface area contributed by atoms with Crippen LogP contribution < -0.4 is 11.0 Å². The zero-order chi connectivity index (χ0) is 42.7. The largest absolute Gasteiger partial charge is 0.359 e. The topological polar surface area (TPSA) is 129 Å². The summed E-state index contributed by atoms with van der Waals surface area (Å²) >= 11 is -2.72. The van der Waals surface area contributed by atoms with E-state index in [2.05, 4.69) is 127 Å². The minimum absolute atomic E-state index is 0. The van der Waals surface area contributed by atoms with E-state index in [1.807, 2.05) is 100 Å². The van der Waals surface area contributed by atoms with Crippen molar-refractivity contribution in [3.8, 4) is 22.3 Å². The maximum Gasteiger partial charge on any atom is 0.252 e. The summed E-state index contributed by atoms with van der Waals surface area (Å²) in [6.45, 7) is 23.3. The first-order valence-corrected chi connectivity index (χ1v) is 21.7. The number of nitrogens with one attached hydrogen (secondary N) is 2. The molecule has 2 atom stereocenters. The fourth-order valence-corrected chi connectivity index (χ4v) is 4.13. The number of hydrogen-bond donors (Lipinski definition) is 2. The van der Waals surface area contributed by atoms with Crippen molar-refractivity contribution in [2.45, 2.75) is 90.5 Å². The summed E-state index contributed by atoms with van der Waals surface area (Å²) in [4.78, 5) is 0. The minimum Gasteiger partial charge on any atom is -0.359 e. The van der Waals surface area contributed by atoms with Gasteiger partial charge in [0.1, 0.15) is 5.76 Å². The molecule has 57 heavy (non-hydrogen) atoms. The number of aromatic nitrogens is 2. The molecule has 0 saturated heterocycles. The number of rotatable bonds is 8. The second-order valence-corrected chi connectivity index (χ2v) is 12.0. The van der Waals surface area contributed by atoms with Crippen LogP contribution in [-0.4, -0.2) is 31.2 Å². The summed E-state index contributed by atoms with van der Waals surface area (Å²) in [5.41, 5.74) is 12.4. The number of benzene rings is 4. The van der Waals surface area contributed by atoms with Crippen molar-refractivity contribution < 1.29 is 26.0 Å². The molecule has 0 saturated carbocycles. The van der Waals surface area contributed by atoms with E-state index in [1.54, 1.807) is 6.92 Å². The highest BCUT2D eigenvalue weighted by Gasteiger charge is 2.08. The highest BCUT2D eigenvalue weighted by atomic mass is 32.2. The van der Waals surface area contributed by atoms with E-state index in [-0.39, 0.29) is 7.43 Å². The second kappa shape index (κ2) is 36.7. The minimum atomic E-state index is -1.36. The lowest BCUT2D eigenvalue weighted by atomic mass is 10.1. The molecule has 2 aromatic heterocycles. The molecule has 0 spiro atoms.